The molecule has 1 aliphatic rings. The molecule has 0 aliphatic heterocycles. The van der Waals surface area contributed by atoms with Gasteiger partial charge in [0.05, 0.1) is 17.8 Å². The molecule has 0 saturated heterocycles. The highest BCUT2D eigenvalue weighted by molar-refractivity contribution is 5.51. The minimum Gasteiger partial charge on any atom is -0.379 e. The molecule has 0 fully saturated rings. The van der Waals surface area contributed by atoms with Gasteiger partial charge in [-0.25, -0.2) is 0 Å². The summed E-state index contributed by atoms with van der Waals surface area (Å²) in [6.07, 6.45) is 6.61. The van der Waals surface area contributed by atoms with E-state index >= 15 is 0 Å². The maximum atomic E-state index is 9.67. The second-order valence-corrected chi connectivity index (χ2v) is 6.13. The molecule has 2 aromatic rings. The lowest BCUT2D eigenvalue weighted by Crippen LogP contribution is -2.16. The zero-order chi connectivity index (χ0) is 16.1. The van der Waals surface area contributed by atoms with Crippen molar-refractivity contribution in [3.63, 3.8) is 0 Å². The van der Waals surface area contributed by atoms with Crippen LogP contribution >= 0.6 is 0 Å². The third kappa shape index (κ3) is 3.37. The van der Waals surface area contributed by atoms with Crippen LogP contribution in [0.4, 0.5) is 5.69 Å². The third-order valence-corrected chi connectivity index (χ3v) is 4.51. The molecule has 3 heteroatoms. The molecule has 0 saturated carbocycles. The number of nitrogens with one attached hydrogen (secondary N) is 1. The first-order valence-corrected chi connectivity index (χ1v) is 8.56. The molecule has 0 amide bonds. The maximum Gasteiger partial charge on any atom is 0.101 e. The molecule has 0 spiro atoms. The number of nitrogens with zero attached hydrogens (tertiary/aromatic N) is 2. The predicted molar refractivity (Wildman–Crippen MR) is 93.4 cm³/mol. The van der Waals surface area contributed by atoms with E-state index in [2.05, 4.69) is 18.3 Å². The van der Waals surface area contributed by atoms with Crippen molar-refractivity contribution in [1.82, 2.24) is 4.98 Å². The summed E-state index contributed by atoms with van der Waals surface area (Å²) in [7, 11) is 0. The van der Waals surface area contributed by atoms with E-state index in [0.29, 0.717) is 6.54 Å². The molecule has 1 aromatic carbocycles. The van der Waals surface area contributed by atoms with E-state index in [-0.39, 0.29) is 0 Å². The van der Waals surface area contributed by atoms with Gasteiger partial charge in [0, 0.05) is 11.4 Å². The van der Waals surface area contributed by atoms with Crippen molar-refractivity contribution < 1.29 is 0 Å². The lowest BCUT2D eigenvalue weighted by atomic mass is 9.86. The molecule has 1 aromatic heterocycles. The van der Waals surface area contributed by atoms with E-state index in [4.69, 9.17) is 4.98 Å². The van der Waals surface area contributed by atoms with E-state index in [0.717, 1.165) is 42.6 Å². The molecular weight excluding hydrogens is 282 g/mol. The fraction of sp³-hybridized carbons (Fsp3) is 0.400. The van der Waals surface area contributed by atoms with Crippen LogP contribution in [0.25, 0.3) is 0 Å². The van der Waals surface area contributed by atoms with Crippen LogP contribution in [0, 0.1) is 11.3 Å². The summed E-state index contributed by atoms with van der Waals surface area (Å²) in [5, 5.41) is 13.1. The van der Waals surface area contributed by atoms with Gasteiger partial charge in [0.1, 0.15) is 6.07 Å². The number of aryl methyl sites for hydroxylation is 1. The molecular formula is C20H23N3. The number of benzene rings is 1. The van der Waals surface area contributed by atoms with Crippen molar-refractivity contribution >= 4 is 5.69 Å². The lowest BCUT2D eigenvalue weighted by molar-refractivity contribution is 0.663. The molecule has 0 unspecified atom stereocenters. The molecule has 0 atom stereocenters. The SMILES string of the molecule is CCCc1nc(CNc2ccccc2)c(C#N)c2c1CCCC2. The Balaban J connectivity index is 1.95. The number of aromatic nitrogens is 1. The zero-order valence-electron chi connectivity index (χ0n) is 13.7. The summed E-state index contributed by atoms with van der Waals surface area (Å²) >= 11 is 0. The van der Waals surface area contributed by atoms with Gasteiger partial charge < -0.3 is 5.32 Å². The number of anilines is 1. The van der Waals surface area contributed by atoms with Crippen molar-refractivity contribution in [3.05, 3.63) is 58.4 Å². The Morgan fingerprint density at radius 1 is 1.09 bits per heavy atom. The third-order valence-electron chi connectivity index (χ3n) is 4.51. The highest BCUT2D eigenvalue weighted by Gasteiger charge is 2.21. The number of nitriles is 1. The standard InChI is InChI=1S/C20H23N3/c1-2-8-19-17-12-7-6-11-16(17)18(13-21)20(23-19)14-22-15-9-4-3-5-10-15/h3-5,9-10,22H,2,6-8,11-12,14H2,1H3. The van der Waals surface area contributed by atoms with Gasteiger partial charge in [-0.3, -0.25) is 4.98 Å². The average Bonchev–Trinajstić information content (AvgIpc) is 2.61. The summed E-state index contributed by atoms with van der Waals surface area (Å²) in [5.74, 6) is 0. The largest absolute Gasteiger partial charge is 0.379 e. The Hall–Kier alpha value is -2.34. The van der Waals surface area contributed by atoms with E-state index in [1.54, 1.807) is 0 Å². The predicted octanol–water partition coefficient (Wildman–Crippen LogP) is 4.40. The Morgan fingerprint density at radius 3 is 2.52 bits per heavy atom. The minimum absolute atomic E-state index is 0.608. The molecule has 1 N–H and O–H groups in total. The summed E-state index contributed by atoms with van der Waals surface area (Å²) in [5.41, 5.74) is 6.61. The molecule has 0 bridgehead atoms. The molecule has 1 aliphatic carbocycles. The van der Waals surface area contributed by atoms with Crippen LogP contribution in [-0.2, 0) is 25.8 Å². The maximum absolute atomic E-state index is 9.67. The van der Waals surface area contributed by atoms with E-state index in [1.807, 2.05) is 30.3 Å². The van der Waals surface area contributed by atoms with Crippen LogP contribution in [0.2, 0.25) is 0 Å². The highest BCUT2D eigenvalue weighted by Crippen LogP contribution is 2.29. The smallest absolute Gasteiger partial charge is 0.101 e. The van der Waals surface area contributed by atoms with Crippen molar-refractivity contribution in [2.75, 3.05) is 5.32 Å². The van der Waals surface area contributed by atoms with Crippen LogP contribution in [0.3, 0.4) is 0 Å². The first kappa shape index (κ1) is 15.6. The van der Waals surface area contributed by atoms with Gasteiger partial charge in [0.2, 0.25) is 0 Å². The average molecular weight is 305 g/mol. The first-order chi connectivity index (χ1) is 11.3. The van der Waals surface area contributed by atoms with Crippen LogP contribution in [0.1, 0.15) is 54.3 Å². The van der Waals surface area contributed by atoms with Crippen LogP contribution in [0.5, 0.6) is 0 Å². The fourth-order valence-electron chi connectivity index (χ4n) is 3.41. The van der Waals surface area contributed by atoms with Gasteiger partial charge in [-0.1, -0.05) is 31.5 Å². The molecule has 0 radical (unpaired) electrons. The molecule has 23 heavy (non-hydrogen) atoms. The molecule has 3 rings (SSSR count). The molecule has 118 valence electrons. The number of hydrogen-bond donors (Lipinski definition) is 1. The van der Waals surface area contributed by atoms with Gasteiger partial charge in [-0.05, 0) is 55.4 Å². The van der Waals surface area contributed by atoms with E-state index in [1.165, 1.54) is 29.7 Å². The topological polar surface area (TPSA) is 48.7 Å². The second kappa shape index (κ2) is 7.28. The summed E-state index contributed by atoms with van der Waals surface area (Å²) in [4.78, 5) is 4.88. The van der Waals surface area contributed by atoms with Gasteiger partial charge >= 0.3 is 0 Å². The number of pyridine rings is 1. The van der Waals surface area contributed by atoms with Crippen molar-refractivity contribution in [3.8, 4) is 6.07 Å². The Morgan fingerprint density at radius 2 is 1.83 bits per heavy atom. The quantitative estimate of drug-likeness (QED) is 0.891. The summed E-state index contributed by atoms with van der Waals surface area (Å²) < 4.78 is 0. The monoisotopic (exact) mass is 305 g/mol. The minimum atomic E-state index is 0.608. The van der Waals surface area contributed by atoms with Crippen molar-refractivity contribution in [1.29, 1.82) is 5.26 Å². The van der Waals surface area contributed by atoms with Crippen LogP contribution in [-0.4, -0.2) is 4.98 Å². The molecule has 1 heterocycles. The molecule has 3 nitrogen and oxygen atoms in total. The number of hydrogen-bond acceptors (Lipinski definition) is 3. The summed E-state index contributed by atoms with van der Waals surface area (Å²) in [6, 6.07) is 12.5. The van der Waals surface area contributed by atoms with Crippen molar-refractivity contribution in [2.24, 2.45) is 0 Å². The Bertz CT molecular complexity index is 714. The zero-order valence-corrected chi connectivity index (χ0v) is 13.7. The Labute approximate surface area is 138 Å². The Kier molecular flexibility index (Phi) is 4.92. The number of rotatable bonds is 5. The number of para-hydroxylation sites is 1. The number of fused-ring (bicyclic) bond motifs is 1. The van der Waals surface area contributed by atoms with Crippen LogP contribution < -0.4 is 5.32 Å². The summed E-state index contributed by atoms with van der Waals surface area (Å²) in [6.45, 7) is 2.80. The van der Waals surface area contributed by atoms with Crippen LogP contribution in [0.15, 0.2) is 30.3 Å². The second-order valence-electron chi connectivity index (χ2n) is 6.13. The highest BCUT2D eigenvalue weighted by atomic mass is 14.9. The van der Waals surface area contributed by atoms with Gasteiger partial charge in [-0.2, -0.15) is 5.26 Å². The fourth-order valence-corrected chi connectivity index (χ4v) is 3.41. The lowest BCUT2D eigenvalue weighted by Gasteiger charge is -2.22. The first-order valence-electron chi connectivity index (χ1n) is 8.56. The van der Waals surface area contributed by atoms with E-state index in [9.17, 15) is 5.26 Å². The van der Waals surface area contributed by atoms with Gasteiger partial charge in [0.15, 0.2) is 0 Å². The van der Waals surface area contributed by atoms with E-state index < -0.39 is 0 Å². The van der Waals surface area contributed by atoms with Gasteiger partial charge in [-0.15, -0.1) is 0 Å². The normalized spacial score (nSPS) is 13.2. The van der Waals surface area contributed by atoms with Gasteiger partial charge in [0.25, 0.3) is 0 Å². The van der Waals surface area contributed by atoms with Crippen molar-refractivity contribution in [2.45, 2.75) is 52.0 Å².